The first-order chi connectivity index (χ1) is 12.7. The summed E-state index contributed by atoms with van der Waals surface area (Å²) in [6.45, 7) is 0.962. The summed E-state index contributed by atoms with van der Waals surface area (Å²) >= 11 is 1.61. The van der Waals surface area contributed by atoms with Gasteiger partial charge in [0.2, 0.25) is 5.88 Å². The summed E-state index contributed by atoms with van der Waals surface area (Å²) in [7, 11) is 3.30. The van der Waals surface area contributed by atoms with Crippen molar-refractivity contribution in [3.05, 3.63) is 59.1 Å². The second kappa shape index (κ2) is 8.64. The summed E-state index contributed by atoms with van der Waals surface area (Å²) in [5, 5.41) is 18.0. The molecular weight excluding hydrogens is 348 g/mol. The number of fused-ring (bicyclic) bond motifs is 1. The molecule has 0 aliphatic rings. The van der Waals surface area contributed by atoms with Crippen LogP contribution in [0.2, 0.25) is 0 Å². The Bertz CT molecular complexity index is 861. The molecule has 2 heterocycles. The Morgan fingerprint density at radius 2 is 2.12 bits per heavy atom. The van der Waals surface area contributed by atoms with Crippen LogP contribution in [0.4, 0.5) is 0 Å². The molecule has 0 radical (unpaired) electrons. The summed E-state index contributed by atoms with van der Waals surface area (Å²) in [6, 6.07) is 13.9. The van der Waals surface area contributed by atoms with Gasteiger partial charge in [0, 0.05) is 42.0 Å². The lowest BCUT2D eigenvalue weighted by Crippen LogP contribution is -2.38. The molecule has 7 heteroatoms. The molecule has 1 unspecified atom stereocenters. The van der Waals surface area contributed by atoms with E-state index in [9.17, 15) is 5.11 Å². The molecule has 26 heavy (non-hydrogen) atoms. The number of guanidine groups is 1. The Morgan fingerprint density at radius 3 is 2.88 bits per heavy atom. The lowest BCUT2D eigenvalue weighted by Gasteiger charge is -2.14. The van der Waals surface area contributed by atoms with Gasteiger partial charge in [-0.1, -0.05) is 18.2 Å². The number of hydrogen-bond acceptors (Lipinski definition) is 5. The third kappa shape index (κ3) is 4.50. The molecule has 0 fully saturated rings. The molecule has 3 rings (SSSR count). The number of pyridine rings is 1. The molecule has 2 aromatic heterocycles. The van der Waals surface area contributed by atoms with E-state index < -0.39 is 6.10 Å². The second-order valence-corrected chi connectivity index (χ2v) is 6.83. The summed E-state index contributed by atoms with van der Waals surface area (Å²) in [5.41, 5.74) is 1.03. The first-order valence-corrected chi connectivity index (χ1v) is 9.11. The SMILES string of the molecule is CN=C(NCc1ccnc(OC)c1)NCC(O)c1cc2ccccc2s1. The zero-order valence-electron chi connectivity index (χ0n) is 14.8. The van der Waals surface area contributed by atoms with Crippen LogP contribution < -0.4 is 15.4 Å². The third-order valence-electron chi connectivity index (χ3n) is 3.93. The van der Waals surface area contributed by atoms with E-state index in [0.717, 1.165) is 15.8 Å². The number of nitrogens with one attached hydrogen (secondary N) is 2. The first kappa shape index (κ1) is 18.2. The number of thiophene rings is 1. The van der Waals surface area contributed by atoms with Gasteiger partial charge in [-0.15, -0.1) is 11.3 Å². The van der Waals surface area contributed by atoms with Crippen LogP contribution in [-0.2, 0) is 6.54 Å². The van der Waals surface area contributed by atoms with Crippen LogP contribution in [0, 0.1) is 0 Å². The first-order valence-electron chi connectivity index (χ1n) is 8.29. The van der Waals surface area contributed by atoms with Gasteiger partial charge in [-0.05, 0) is 29.1 Å². The predicted molar refractivity (Wildman–Crippen MR) is 106 cm³/mol. The fraction of sp³-hybridized carbons (Fsp3) is 0.263. The molecule has 0 aliphatic heterocycles. The highest BCUT2D eigenvalue weighted by Gasteiger charge is 2.12. The maximum Gasteiger partial charge on any atom is 0.213 e. The van der Waals surface area contributed by atoms with Crippen molar-refractivity contribution < 1.29 is 9.84 Å². The van der Waals surface area contributed by atoms with E-state index in [-0.39, 0.29) is 0 Å². The minimum atomic E-state index is -0.591. The zero-order chi connectivity index (χ0) is 18.4. The number of aromatic nitrogens is 1. The normalized spacial score (nSPS) is 12.8. The molecule has 0 aliphatic carbocycles. The van der Waals surface area contributed by atoms with Crippen molar-refractivity contribution in [1.82, 2.24) is 15.6 Å². The molecule has 3 aromatic rings. The van der Waals surface area contributed by atoms with Gasteiger partial charge in [0.05, 0.1) is 7.11 Å². The Kier molecular flexibility index (Phi) is 6.04. The molecule has 6 nitrogen and oxygen atoms in total. The fourth-order valence-corrected chi connectivity index (χ4v) is 3.59. The highest BCUT2D eigenvalue weighted by molar-refractivity contribution is 7.19. The average molecular weight is 370 g/mol. The molecule has 136 valence electrons. The molecule has 0 spiro atoms. The average Bonchev–Trinajstić information content (AvgIpc) is 3.12. The van der Waals surface area contributed by atoms with E-state index >= 15 is 0 Å². The van der Waals surface area contributed by atoms with Crippen LogP contribution in [0.25, 0.3) is 10.1 Å². The van der Waals surface area contributed by atoms with E-state index in [1.807, 2.05) is 30.3 Å². The van der Waals surface area contributed by atoms with E-state index in [1.54, 1.807) is 31.7 Å². The lowest BCUT2D eigenvalue weighted by molar-refractivity contribution is 0.184. The van der Waals surface area contributed by atoms with Crippen LogP contribution in [0.15, 0.2) is 53.7 Å². The van der Waals surface area contributed by atoms with Gasteiger partial charge < -0.3 is 20.5 Å². The highest BCUT2D eigenvalue weighted by atomic mass is 32.1. The number of ether oxygens (including phenoxy) is 1. The highest BCUT2D eigenvalue weighted by Crippen LogP contribution is 2.29. The number of aliphatic hydroxyl groups excluding tert-OH is 1. The van der Waals surface area contributed by atoms with E-state index in [4.69, 9.17) is 4.74 Å². The largest absolute Gasteiger partial charge is 0.481 e. The number of rotatable bonds is 6. The van der Waals surface area contributed by atoms with Crippen LogP contribution in [0.1, 0.15) is 16.5 Å². The van der Waals surface area contributed by atoms with Gasteiger partial charge in [0.15, 0.2) is 5.96 Å². The van der Waals surface area contributed by atoms with Crippen molar-refractivity contribution in [2.75, 3.05) is 20.7 Å². The fourth-order valence-electron chi connectivity index (χ4n) is 2.54. The topological polar surface area (TPSA) is 78.8 Å². The van der Waals surface area contributed by atoms with Gasteiger partial charge >= 0.3 is 0 Å². The zero-order valence-corrected chi connectivity index (χ0v) is 15.6. The molecule has 3 N–H and O–H groups in total. The van der Waals surface area contributed by atoms with Crippen molar-refractivity contribution in [1.29, 1.82) is 0 Å². The molecule has 0 bridgehead atoms. The monoisotopic (exact) mass is 370 g/mol. The Labute approximate surface area is 156 Å². The summed E-state index contributed by atoms with van der Waals surface area (Å²) in [4.78, 5) is 9.22. The molecular formula is C19H22N4O2S. The number of nitrogens with zero attached hydrogens (tertiary/aromatic N) is 2. The Hall–Kier alpha value is -2.64. The molecule has 0 saturated carbocycles. The predicted octanol–water partition coefficient (Wildman–Crippen LogP) is 2.70. The lowest BCUT2D eigenvalue weighted by atomic mass is 10.2. The number of aliphatic hydroxyl groups is 1. The van der Waals surface area contributed by atoms with Gasteiger partial charge in [-0.25, -0.2) is 4.98 Å². The Balaban J connectivity index is 1.54. The Morgan fingerprint density at radius 1 is 1.27 bits per heavy atom. The van der Waals surface area contributed by atoms with Crippen LogP contribution in [0.3, 0.4) is 0 Å². The van der Waals surface area contributed by atoms with Crippen LogP contribution >= 0.6 is 11.3 Å². The summed E-state index contributed by atoms with van der Waals surface area (Å²) in [5.74, 6) is 1.20. The molecule has 0 amide bonds. The molecule has 0 saturated heterocycles. The van der Waals surface area contributed by atoms with Crippen LogP contribution in [0.5, 0.6) is 5.88 Å². The number of methoxy groups -OCH3 is 1. The minimum Gasteiger partial charge on any atom is -0.481 e. The smallest absolute Gasteiger partial charge is 0.213 e. The maximum atomic E-state index is 10.5. The molecule has 1 aromatic carbocycles. The molecule has 1 atom stereocenters. The van der Waals surface area contributed by atoms with Gasteiger partial charge in [-0.3, -0.25) is 4.99 Å². The number of benzene rings is 1. The van der Waals surface area contributed by atoms with Crippen molar-refractivity contribution in [3.63, 3.8) is 0 Å². The number of hydrogen-bond donors (Lipinski definition) is 3. The standard InChI is InChI=1S/C19H22N4O2S/c1-20-19(22-11-13-7-8-21-18(9-13)25-2)23-12-15(24)17-10-14-5-3-4-6-16(14)26-17/h3-10,15,24H,11-12H2,1-2H3,(H2,20,22,23). The van der Waals surface area contributed by atoms with Crippen molar-refractivity contribution in [3.8, 4) is 5.88 Å². The maximum absolute atomic E-state index is 10.5. The van der Waals surface area contributed by atoms with E-state index in [2.05, 4.69) is 32.7 Å². The van der Waals surface area contributed by atoms with Gasteiger partial charge in [0.1, 0.15) is 6.10 Å². The quantitative estimate of drug-likeness (QED) is 0.459. The third-order valence-corrected chi connectivity index (χ3v) is 5.15. The van der Waals surface area contributed by atoms with Gasteiger partial charge in [0.25, 0.3) is 0 Å². The van der Waals surface area contributed by atoms with Gasteiger partial charge in [-0.2, -0.15) is 0 Å². The number of aliphatic imine (C=N–C) groups is 1. The summed E-state index contributed by atoms with van der Waals surface area (Å²) in [6.07, 6.45) is 1.11. The minimum absolute atomic E-state index is 0.381. The summed E-state index contributed by atoms with van der Waals surface area (Å²) < 4.78 is 6.30. The van der Waals surface area contributed by atoms with Crippen molar-refractivity contribution in [2.24, 2.45) is 4.99 Å². The van der Waals surface area contributed by atoms with Crippen LogP contribution in [-0.4, -0.2) is 36.8 Å². The van der Waals surface area contributed by atoms with Crippen molar-refractivity contribution in [2.45, 2.75) is 12.6 Å². The second-order valence-electron chi connectivity index (χ2n) is 5.72. The van der Waals surface area contributed by atoms with Crippen molar-refractivity contribution >= 4 is 27.4 Å². The van der Waals surface area contributed by atoms with E-state index in [1.165, 1.54) is 4.70 Å². The van der Waals surface area contributed by atoms with E-state index in [0.29, 0.717) is 24.9 Å².